The quantitative estimate of drug-likeness (QED) is 0.868. The van der Waals surface area contributed by atoms with Crippen LogP contribution in [0.2, 0.25) is 0 Å². The summed E-state index contributed by atoms with van der Waals surface area (Å²) in [5.74, 6) is 1.21. The number of phenolic OH excluding ortho intramolecular Hbond substituents is 1. The van der Waals surface area contributed by atoms with Crippen LogP contribution in [0.4, 0.5) is 0 Å². The molecular formula is C16H18O2. The first-order valence-corrected chi connectivity index (χ1v) is 6.28. The molecule has 18 heavy (non-hydrogen) atoms. The van der Waals surface area contributed by atoms with Crippen LogP contribution in [0.3, 0.4) is 0 Å². The van der Waals surface area contributed by atoms with E-state index >= 15 is 0 Å². The summed E-state index contributed by atoms with van der Waals surface area (Å²) in [5, 5.41) is 9.62. The van der Waals surface area contributed by atoms with Gasteiger partial charge in [-0.3, -0.25) is 0 Å². The zero-order valence-electron chi connectivity index (χ0n) is 10.6. The van der Waals surface area contributed by atoms with Gasteiger partial charge < -0.3 is 9.84 Å². The molecule has 2 heteroatoms. The fourth-order valence-electron chi connectivity index (χ4n) is 1.82. The molecule has 0 radical (unpaired) electrons. The van der Waals surface area contributed by atoms with Gasteiger partial charge in [-0.15, -0.1) is 0 Å². The standard InChI is InChI=1S/C16H18O2/c1-2-13-7-9-15(10-8-13)18-12-11-14-5-3-4-6-16(14)17/h3-10,17H,2,11-12H2,1H3. The number of aryl methyl sites for hydroxylation is 1. The summed E-state index contributed by atoms with van der Waals surface area (Å²) in [5.41, 5.74) is 2.23. The number of benzene rings is 2. The smallest absolute Gasteiger partial charge is 0.119 e. The maximum absolute atomic E-state index is 9.62. The van der Waals surface area contributed by atoms with Gasteiger partial charge in [0.05, 0.1) is 6.61 Å². The minimum absolute atomic E-state index is 0.336. The molecule has 0 aliphatic rings. The minimum Gasteiger partial charge on any atom is -0.508 e. The van der Waals surface area contributed by atoms with Gasteiger partial charge in [0.2, 0.25) is 0 Å². The SMILES string of the molecule is CCc1ccc(OCCc2ccccc2O)cc1. The molecule has 2 aromatic carbocycles. The normalized spacial score (nSPS) is 10.3. The number of rotatable bonds is 5. The molecule has 0 amide bonds. The molecule has 0 aromatic heterocycles. The fraction of sp³-hybridized carbons (Fsp3) is 0.250. The molecule has 0 fully saturated rings. The van der Waals surface area contributed by atoms with Crippen LogP contribution < -0.4 is 4.74 Å². The van der Waals surface area contributed by atoms with Gasteiger partial charge in [-0.25, -0.2) is 0 Å². The molecule has 94 valence electrons. The van der Waals surface area contributed by atoms with Gasteiger partial charge in [0.15, 0.2) is 0 Å². The van der Waals surface area contributed by atoms with Crippen molar-refractivity contribution in [3.05, 3.63) is 59.7 Å². The molecule has 0 saturated heterocycles. The van der Waals surface area contributed by atoms with Gasteiger partial charge in [-0.2, -0.15) is 0 Å². The van der Waals surface area contributed by atoms with Gasteiger partial charge in [-0.1, -0.05) is 37.3 Å². The molecule has 0 atom stereocenters. The van der Waals surface area contributed by atoms with Crippen LogP contribution in [0.25, 0.3) is 0 Å². The number of hydrogen-bond acceptors (Lipinski definition) is 2. The molecule has 0 unspecified atom stereocenters. The lowest BCUT2D eigenvalue weighted by molar-refractivity contribution is 0.319. The van der Waals surface area contributed by atoms with Crippen molar-refractivity contribution in [2.75, 3.05) is 6.61 Å². The van der Waals surface area contributed by atoms with E-state index in [1.54, 1.807) is 6.07 Å². The monoisotopic (exact) mass is 242 g/mol. The highest BCUT2D eigenvalue weighted by atomic mass is 16.5. The Labute approximate surface area is 108 Å². The van der Waals surface area contributed by atoms with Crippen molar-refractivity contribution >= 4 is 0 Å². The lowest BCUT2D eigenvalue weighted by Gasteiger charge is -2.08. The van der Waals surface area contributed by atoms with E-state index < -0.39 is 0 Å². The summed E-state index contributed by atoms with van der Waals surface area (Å²) in [4.78, 5) is 0. The Kier molecular flexibility index (Phi) is 4.24. The van der Waals surface area contributed by atoms with Crippen LogP contribution in [0.15, 0.2) is 48.5 Å². The topological polar surface area (TPSA) is 29.5 Å². The zero-order chi connectivity index (χ0) is 12.8. The number of para-hydroxylation sites is 1. The third-order valence-electron chi connectivity index (χ3n) is 2.96. The van der Waals surface area contributed by atoms with E-state index in [9.17, 15) is 5.11 Å². The second-order valence-electron chi connectivity index (χ2n) is 4.22. The van der Waals surface area contributed by atoms with E-state index in [-0.39, 0.29) is 0 Å². The summed E-state index contributed by atoms with van der Waals surface area (Å²) in [6.07, 6.45) is 1.75. The van der Waals surface area contributed by atoms with Crippen LogP contribution in [0.5, 0.6) is 11.5 Å². The Morgan fingerprint density at radius 3 is 2.39 bits per heavy atom. The Morgan fingerprint density at radius 1 is 1.00 bits per heavy atom. The number of aromatic hydroxyl groups is 1. The molecule has 2 nitrogen and oxygen atoms in total. The summed E-state index contributed by atoms with van der Waals surface area (Å²) in [7, 11) is 0. The second-order valence-corrected chi connectivity index (χ2v) is 4.22. The van der Waals surface area contributed by atoms with Crippen LogP contribution >= 0.6 is 0 Å². The van der Waals surface area contributed by atoms with Crippen molar-refractivity contribution in [3.63, 3.8) is 0 Å². The Balaban J connectivity index is 1.86. The van der Waals surface area contributed by atoms with E-state index in [1.165, 1.54) is 5.56 Å². The number of phenols is 1. The van der Waals surface area contributed by atoms with Crippen LogP contribution in [0.1, 0.15) is 18.1 Å². The van der Waals surface area contributed by atoms with Gasteiger partial charge in [0.1, 0.15) is 11.5 Å². The van der Waals surface area contributed by atoms with E-state index in [4.69, 9.17) is 4.74 Å². The van der Waals surface area contributed by atoms with Crippen molar-refractivity contribution in [2.24, 2.45) is 0 Å². The molecule has 1 N–H and O–H groups in total. The largest absolute Gasteiger partial charge is 0.508 e. The van der Waals surface area contributed by atoms with Gasteiger partial charge >= 0.3 is 0 Å². The van der Waals surface area contributed by atoms with Gasteiger partial charge in [-0.05, 0) is 35.7 Å². The van der Waals surface area contributed by atoms with E-state index in [1.807, 2.05) is 30.3 Å². The Morgan fingerprint density at radius 2 is 1.72 bits per heavy atom. The highest BCUT2D eigenvalue weighted by Gasteiger charge is 2.00. The molecule has 0 bridgehead atoms. The first-order chi connectivity index (χ1) is 8.79. The lowest BCUT2D eigenvalue weighted by Crippen LogP contribution is -2.01. The van der Waals surface area contributed by atoms with Crippen molar-refractivity contribution in [1.82, 2.24) is 0 Å². The molecule has 0 aliphatic heterocycles. The molecule has 0 saturated carbocycles. The van der Waals surface area contributed by atoms with Crippen molar-refractivity contribution in [3.8, 4) is 11.5 Å². The van der Waals surface area contributed by atoms with Crippen LogP contribution in [-0.2, 0) is 12.8 Å². The van der Waals surface area contributed by atoms with Crippen LogP contribution in [0, 0.1) is 0 Å². The summed E-state index contributed by atoms with van der Waals surface area (Å²) >= 11 is 0. The predicted octanol–water partition coefficient (Wildman–Crippen LogP) is 3.58. The molecule has 0 heterocycles. The van der Waals surface area contributed by atoms with E-state index in [0.717, 1.165) is 17.7 Å². The highest BCUT2D eigenvalue weighted by molar-refractivity contribution is 5.32. The molecule has 0 aliphatic carbocycles. The van der Waals surface area contributed by atoms with Crippen molar-refractivity contribution in [1.29, 1.82) is 0 Å². The average molecular weight is 242 g/mol. The minimum atomic E-state index is 0.336. The molecular weight excluding hydrogens is 224 g/mol. The highest BCUT2D eigenvalue weighted by Crippen LogP contribution is 2.17. The van der Waals surface area contributed by atoms with Gasteiger partial charge in [0, 0.05) is 6.42 Å². The first kappa shape index (κ1) is 12.5. The van der Waals surface area contributed by atoms with Gasteiger partial charge in [0.25, 0.3) is 0 Å². The predicted molar refractivity (Wildman–Crippen MR) is 73.1 cm³/mol. The average Bonchev–Trinajstić information content (AvgIpc) is 2.42. The summed E-state index contributed by atoms with van der Waals surface area (Å²) in [6, 6.07) is 15.5. The summed E-state index contributed by atoms with van der Waals surface area (Å²) < 4.78 is 5.65. The second kappa shape index (κ2) is 6.10. The third-order valence-corrected chi connectivity index (χ3v) is 2.96. The van der Waals surface area contributed by atoms with Crippen molar-refractivity contribution in [2.45, 2.75) is 19.8 Å². The Bertz CT molecular complexity index is 489. The van der Waals surface area contributed by atoms with Crippen LogP contribution in [-0.4, -0.2) is 11.7 Å². The van der Waals surface area contributed by atoms with Crippen molar-refractivity contribution < 1.29 is 9.84 Å². The third kappa shape index (κ3) is 3.27. The number of hydrogen-bond donors (Lipinski definition) is 1. The molecule has 0 spiro atoms. The fourth-order valence-corrected chi connectivity index (χ4v) is 1.82. The maximum atomic E-state index is 9.62. The summed E-state index contributed by atoms with van der Waals surface area (Å²) in [6.45, 7) is 2.71. The molecule has 2 rings (SSSR count). The Hall–Kier alpha value is -1.96. The maximum Gasteiger partial charge on any atom is 0.119 e. The molecule has 2 aromatic rings. The lowest BCUT2D eigenvalue weighted by atomic mass is 10.1. The van der Waals surface area contributed by atoms with E-state index in [0.29, 0.717) is 18.8 Å². The first-order valence-electron chi connectivity index (χ1n) is 6.28. The number of ether oxygens (including phenoxy) is 1. The van der Waals surface area contributed by atoms with E-state index in [2.05, 4.69) is 19.1 Å². The zero-order valence-corrected chi connectivity index (χ0v) is 10.6.